The molecule has 2 heterocycles. The SMILES string of the molecule is Clc1cccc([C@H]2C[C@H]3C[C@H](Cl)N2C3)c1Cl. The first-order valence-electron chi connectivity index (χ1n) is 5.50. The molecule has 0 amide bonds. The van der Waals surface area contributed by atoms with Gasteiger partial charge in [-0.25, -0.2) is 0 Å². The fourth-order valence-electron chi connectivity index (χ4n) is 2.93. The van der Waals surface area contributed by atoms with Crippen LogP contribution >= 0.6 is 34.8 Å². The lowest BCUT2D eigenvalue weighted by atomic mass is 9.95. The first kappa shape index (κ1) is 11.2. The highest BCUT2D eigenvalue weighted by Gasteiger charge is 2.44. The van der Waals surface area contributed by atoms with E-state index in [1.54, 1.807) is 0 Å². The van der Waals surface area contributed by atoms with Gasteiger partial charge in [-0.15, -0.1) is 11.6 Å². The van der Waals surface area contributed by atoms with E-state index in [0.717, 1.165) is 30.9 Å². The van der Waals surface area contributed by atoms with Crippen LogP contribution in [0.15, 0.2) is 18.2 Å². The van der Waals surface area contributed by atoms with Crippen molar-refractivity contribution in [1.29, 1.82) is 0 Å². The Hall–Kier alpha value is 0.0500. The molecule has 1 unspecified atom stereocenters. The number of fused-ring (bicyclic) bond motifs is 2. The molecule has 1 aromatic rings. The quantitative estimate of drug-likeness (QED) is 0.545. The van der Waals surface area contributed by atoms with Gasteiger partial charge in [-0.1, -0.05) is 35.3 Å². The third-order valence-corrected chi connectivity index (χ3v) is 4.92. The number of hydrogen-bond donors (Lipinski definition) is 0. The average molecular weight is 277 g/mol. The van der Waals surface area contributed by atoms with Crippen molar-refractivity contribution >= 4 is 34.8 Å². The molecule has 86 valence electrons. The molecular formula is C12H12Cl3N. The van der Waals surface area contributed by atoms with Gasteiger partial charge in [-0.2, -0.15) is 0 Å². The molecule has 16 heavy (non-hydrogen) atoms. The lowest BCUT2D eigenvalue weighted by Crippen LogP contribution is -2.28. The molecule has 1 aromatic carbocycles. The molecule has 2 aliphatic heterocycles. The van der Waals surface area contributed by atoms with Crippen LogP contribution < -0.4 is 0 Å². The van der Waals surface area contributed by atoms with Gasteiger partial charge < -0.3 is 0 Å². The van der Waals surface area contributed by atoms with E-state index in [9.17, 15) is 0 Å². The largest absolute Gasteiger partial charge is 0.280 e. The average Bonchev–Trinajstić information content (AvgIpc) is 2.80. The second-order valence-electron chi connectivity index (χ2n) is 4.63. The van der Waals surface area contributed by atoms with E-state index >= 15 is 0 Å². The lowest BCUT2D eigenvalue weighted by molar-refractivity contribution is 0.239. The van der Waals surface area contributed by atoms with E-state index in [-0.39, 0.29) is 5.50 Å². The molecule has 2 saturated heterocycles. The fraction of sp³-hybridized carbons (Fsp3) is 0.500. The highest BCUT2D eigenvalue weighted by Crippen LogP contribution is 2.48. The molecule has 0 aliphatic carbocycles. The molecule has 0 radical (unpaired) electrons. The Kier molecular flexibility index (Phi) is 2.83. The van der Waals surface area contributed by atoms with Crippen molar-refractivity contribution in [2.45, 2.75) is 24.4 Å². The van der Waals surface area contributed by atoms with E-state index in [0.29, 0.717) is 16.1 Å². The number of benzene rings is 1. The number of hydrogen-bond acceptors (Lipinski definition) is 1. The van der Waals surface area contributed by atoms with E-state index in [2.05, 4.69) is 11.0 Å². The van der Waals surface area contributed by atoms with Gasteiger partial charge in [0.25, 0.3) is 0 Å². The van der Waals surface area contributed by atoms with Gasteiger partial charge in [0.15, 0.2) is 0 Å². The summed E-state index contributed by atoms with van der Waals surface area (Å²) in [5.74, 6) is 0.725. The lowest BCUT2D eigenvalue weighted by Gasteiger charge is -2.29. The van der Waals surface area contributed by atoms with Gasteiger partial charge in [0.2, 0.25) is 0 Å². The van der Waals surface area contributed by atoms with Crippen LogP contribution in [-0.4, -0.2) is 16.9 Å². The van der Waals surface area contributed by atoms with Gasteiger partial charge in [-0.3, -0.25) is 4.90 Å². The molecule has 4 atom stereocenters. The minimum Gasteiger partial charge on any atom is -0.280 e. The maximum atomic E-state index is 6.30. The van der Waals surface area contributed by atoms with Crippen molar-refractivity contribution in [2.24, 2.45) is 5.92 Å². The number of alkyl halides is 1. The van der Waals surface area contributed by atoms with E-state index in [1.807, 2.05) is 12.1 Å². The monoisotopic (exact) mass is 275 g/mol. The zero-order valence-electron chi connectivity index (χ0n) is 8.67. The summed E-state index contributed by atoms with van der Waals surface area (Å²) in [6.45, 7) is 1.10. The topological polar surface area (TPSA) is 3.24 Å². The molecule has 2 bridgehead atoms. The summed E-state index contributed by atoms with van der Waals surface area (Å²) < 4.78 is 0. The third kappa shape index (κ3) is 1.65. The van der Waals surface area contributed by atoms with Crippen molar-refractivity contribution < 1.29 is 0 Å². The maximum Gasteiger partial charge on any atom is 0.0858 e. The van der Waals surface area contributed by atoms with Crippen molar-refractivity contribution in [3.05, 3.63) is 33.8 Å². The summed E-state index contributed by atoms with van der Waals surface area (Å²) in [4.78, 5) is 2.34. The highest BCUT2D eigenvalue weighted by atomic mass is 35.5. The Balaban J connectivity index is 1.96. The minimum atomic E-state index is 0.166. The Morgan fingerprint density at radius 2 is 2.00 bits per heavy atom. The first-order chi connectivity index (χ1) is 7.66. The molecule has 3 rings (SSSR count). The molecule has 1 nitrogen and oxygen atoms in total. The summed E-state index contributed by atoms with van der Waals surface area (Å²) in [7, 11) is 0. The molecule has 0 aromatic heterocycles. The smallest absolute Gasteiger partial charge is 0.0858 e. The second-order valence-corrected chi connectivity index (χ2v) is 5.92. The normalized spacial score (nSPS) is 36.9. The zero-order valence-corrected chi connectivity index (χ0v) is 10.9. The summed E-state index contributed by atoms with van der Waals surface area (Å²) in [5, 5.41) is 1.32. The van der Waals surface area contributed by atoms with Gasteiger partial charge in [0.1, 0.15) is 0 Å². The summed E-state index contributed by atoms with van der Waals surface area (Å²) in [6, 6.07) is 6.20. The van der Waals surface area contributed by atoms with Crippen molar-refractivity contribution in [3.63, 3.8) is 0 Å². The maximum absolute atomic E-state index is 6.30. The number of halogens is 3. The van der Waals surface area contributed by atoms with Crippen LogP contribution in [0.2, 0.25) is 10.0 Å². The molecule has 2 fully saturated rings. The van der Waals surface area contributed by atoms with Crippen molar-refractivity contribution in [1.82, 2.24) is 4.90 Å². The van der Waals surface area contributed by atoms with Crippen LogP contribution in [0.1, 0.15) is 24.4 Å². The summed E-state index contributed by atoms with van der Waals surface area (Å²) in [6.07, 6.45) is 2.26. The van der Waals surface area contributed by atoms with Gasteiger partial charge in [0, 0.05) is 12.6 Å². The first-order valence-corrected chi connectivity index (χ1v) is 6.70. The Morgan fingerprint density at radius 1 is 1.19 bits per heavy atom. The third-order valence-electron chi connectivity index (χ3n) is 3.65. The Labute approximate surface area is 110 Å². The van der Waals surface area contributed by atoms with Gasteiger partial charge in [0.05, 0.1) is 15.5 Å². The molecule has 0 spiro atoms. The second kappa shape index (κ2) is 4.06. The minimum absolute atomic E-state index is 0.166. The van der Waals surface area contributed by atoms with E-state index < -0.39 is 0 Å². The molecule has 0 N–H and O–H groups in total. The predicted molar refractivity (Wildman–Crippen MR) is 68.3 cm³/mol. The van der Waals surface area contributed by atoms with Crippen LogP contribution in [0, 0.1) is 5.92 Å². The zero-order chi connectivity index (χ0) is 11.3. The molecule has 4 heteroatoms. The van der Waals surface area contributed by atoms with Gasteiger partial charge >= 0.3 is 0 Å². The number of rotatable bonds is 1. The van der Waals surface area contributed by atoms with Crippen LogP contribution in [0.25, 0.3) is 0 Å². The summed E-state index contributed by atoms with van der Waals surface area (Å²) >= 11 is 18.6. The summed E-state index contributed by atoms with van der Waals surface area (Å²) in [5.41, 5.74) is 1.29. The van der Waals surface area contributed by atoms with Crippen molar-refractivity contribution in [2.75, 3.05) is 6.54 Å². The number of nitrogens with zero attached hydrogens (tertiary/aromatic N) is 1. The Bertz CT molecular complexity index is 421. The highest BCUT2D eigenvalue weighted by molar-refractivity contribution is 6.42. The number of piperidine rings is 1. The Morgan fingerprint density at radius 3 is 2.69 bits per heavy atom. The van der Waals surface area contributed by atoms with Crippen molar-refractivity contribution in [3.8, 4) is 0 Å². The van der Waals surface area contributed by atoms with E-state index in [1.165, 1.54) is 0 Å². The van der Waals surface area contributed by atoms with Crippen LogP contribution in [-0.2, 0) is 0 Å². The van der Waals surface area contributed by atoms with Crippen LogP contribution in [0.5, 0.6) is 0 Å². The fourth-order valence-corrected chi connectivity index (χ4v) is 3.83. The molecule has 0 saturated carbocycles. The molecular weight excluding hydrogens is 264 g/mol. The van der Waals surface area contributed by atoms with Crippen LogP contribution in [0.3, 0.4) is 0 Å². The standard InChI is InChI=1S/C12H12Cl3N/c13-9-3-1-2-8(12(9)15)10-4-7-5-11(14)16(10)6-7/h1-3,7,10-11H,4-6H2/t7-,10+,11+/m0/s1. The van der Waals surface area contributed by atoms with Gasteiger partial charge in [-0.05, 0) is 30.4 Å². The predicted octanol–water partition coefficient (Wildman–Crippen LogP) is 4.33. The van der Waals surface area contributed by atoms with Crippen LogP contribution in [0.4, 0.5) is 0 Å². The molecule has 2 aliphatic rings. The van der Waals surface area contributed by atoms with E-state index in [4.69, 9.17) is 34.8 Å².